The van der Waals surface area contributed by atoms with Gasteiger partial charge in [0.25, 0.3) is 0 Å². The Hall–Kier alpha value is -0.770. The molecule has 0 aromatic rings. The summed E-state index contributed by atoms with van der Waals surface area (Å²) in [6, 6.07) is 0.0781. The van der Waals surface area contributed by atoms with Gasteiger partial charge in [0.2, 0.25) is 0 Å². The summed E-state index contributed by atoms with van der Waals surface area (Å²) in [6.45, 7) is 6.82. The topological polar surface area (TPSA) is 52.6 Å². The number of urea groups is 1. The molecule has 0 aromatic carbocycles. The van der Waals surface area contributed by atoms with E-state index in [4.69, 9.17) is 0 Å². The lowest BCUT2D eigenvalue weighted by Gasteiger charge is -2.37. The van der Waals surface area contributed by atoms with Crippen molar-refractivity contribution < 1.29 is 9.90 Å². The quantitative estimate of drug-likeness (QED) is 0.662. The van der Waals surface area contributed by atoms with Gasteiger partial charge < -0.3 is 15.3 Å². The SMILES string of the molecule is CC(C)NC(=O)N1CCCC(C)(O)C1. The van der Waals surface area contributed by atoms with Gasteiger partial charge in [-0.15, -0.1) is 0 Å². The van der Waals surface area contributed by atoms with Gasteiger partial charge in [-0.2, -0.15) is 0 Å². The average molecular weight is 200 g/mol. The van der Waals surface area contributed by atoms with Gasteiger partial charge in [-0.1, -0.05) is 0 Å². The Balaban J connectivity index is 2.48. The maximum atomic E-state index is 11.6. The monoisotopic (exact) mass is 200 g/mol. The highest BCUT2D eigenvalue weighted by Gasteiger charge is 2.30. The normalized spacial score (nSPS) is 27.9. The van der Waals surface area contributed by atoms with Crippen molar-refractivity contribution in [2.45, 2.75) is 45.3 Å². The molecule has 1 unspecified atom stereocenters. The first-order valence-electron chi connectivity index (χ1n) is 5.18. The van der Waals surface area contributed by atoms with Crippen LogP contribution in [-0.2, 0) is 0 Å². The number of carbonyl (C=O) groups excluding carboxylic acids is 1. The second kappa shape index (κ2) is 4.17. The van der Waals surface area contributed by atoms with Crippen molar-refractivity contribution >= 4 is 6.03 Å². The number of rotatable bonds is 1. The largest absolute Gasteiger partial charge is 0.388 e. The van der Waals surface area contributed by atoms with Crippen LogP contribution in [0.4, 0.5) is 4.79 Å². The van der Waals surface area contributed by atoms with E-state index >= 15 is 0 Å². The second-order valence-electron chi connectivity index (χ2n) is 4.63. The molecule has 1 atom stereocenters. The lowest BCUT2D eigenvalue weighted by atomic mass is 9.95. The van der Waals surface area contributed by atoms with Gasteiger partial charge in [0, 0.05) is 12.6 Å². The summed E-state index contributed by atoms with van der Waals surface area (Å²) < 4.78 is 0. The van der Waals surface area contributed by atoms with Crippen molar-refractivity contribution in [3.05, 3.63) is 0 Å². The molecule has 0 radical (unpaired) electrons. The number of nitrogens with one attached hydrogen (secondary N) is 1. The number of piperidine rings is 1. The number of carbonyl (C=O) groups is 1. The minimum Gasteiger partial charge on any atom is -0.388 e. The first kappa shape index (κ1) is 11.3. The van der Waals surface area contributed by atoms with Crippen molar-refractivity contribution in [1.82, 2.24) is 10.2 Å². The maximum Gasteiger partial charge on any atom is 0.317 e. The van der Waals surface area contributed by atoms with Crippen molar-refractivity contribution in [2.24, 2.45) is 0 Å². The molecule has 0 bridgehead atoms. The minimum absolute atomic E-state index is 0.0695. The molecule has 0 aliphatic carbocycles. The molecule has 1 aliphatic heterocycles. The van der Waals surface area contributed by atoms with Crippen LogP contribution in [0.25, 0.3) is 0 Å². The van der Waals surface area contributed by atoms with Crippen LogP contribution in [0.1, 0.15) is 33.6 Å². The van der Waals surface area contributed by atoms with E-state index in [1.54, 1.807) is 11.8 Å². The lowest BCUT2D eigenvalue weighted by molar-refractivity contribution is -0.00272. The average Bonchev–Trinajstić information content (AvgIpc) is 2.01. The summed E-state index contributed by atoms with van der Waals surface area (Å²) in [4.78, 5) is 13.3. The van der Waals surface area contributed by atoms with Crippen LogP contribution in [-0.4, -0.2) is 40.8 Å². The number of aliphatic hydroxyl groups is 1. The summed E-state index contributed by atoms with van der Waals surface area (Å²) >= 11 is 0. The molecular formula is C10H20N2O2. The first-order chi connectivity index (χ1) is 6.41. The second-order valence-corrected chi connectivity index (χ2v) is 4.63. The number of nitrogens with zero attached hydrogens (tertiary/aromatic N) is 1. The van der Waals surface area contributed by atoms with Gasteiger partial charge in [0.15, 0.2) is 0 Å². The van der Waals surface area contributed by atoms with Crippen LogP contribution in [0, 0.1) is 0 Å². The number of hydrogen-bond donors (Lipinski definition) is 2. The molecule has 82 valence electrons. The number of likely N-dealkylation sites (tertiary alicyclic amines) is 1. The van der Waals surface area contributed by atoms with Crippen LogP contribution >= 0.6 is 0 Å². The fourth-order valence-electron chi connectivity index (χ4n) is 1.73. The number of hydrogen-bond acceptors (Lipinski definition) is 2. The summed E-state index contributed by atoms with van der Waals surface area (Å²) in [5.41, 5.74) is -0.716. The number of amides is 2. The Labute approximate surface area is 85.3 Å². The first-order valence-corrected chi connectivity index (χ1v) is 5.18. The van der Waals surface area contributed by atoms with Crippen LogP contribution < -0.4 is 5.32 Å². The zero-order valence-corrected chi connectivity index (χ0v) is 9.21. The predicted octanol–water partition coefficient (Wildman–Crippen LogP) is 0.951. The molecule has 1 saturated heterocycles. The number of β-amino-alcohol motifs (C(OH)–C–C–N with tert-alkyl or cyclic N) is 1. The molecule has 1 heterocycles. The third-order valence-corrected chi connectivity index (χ3v) is 2.37. The zero-order valence-electron chi connectivity index (χ0n) is 9.21. The molecule has 1 aliphatic rings. The Morgan fingerprint density at radius 3 is 2.71 bits per heavy atom. The van der Waals surface area contributed by atoms with E-state index < -0.39 is 5.60 Å². The lowest BCUT2D eigenvalue weighted by Crippen LogP contribution is -2.52. The van der Waals surface area contributed by atoms with E-state index in [0.717, 1.165) is 19.4 Å². The summed E-state index contributed by atoms with van der Waals surface area (Å²) in [6.07, 6.45) is 1.65. The van der Waals surface area contributed by atoms with E-state index in [2.05, 4.69) is 5.32 Å². The fourth-order valence-corrected chi connectivity index (χ4v) is 1.73. The van der Waals surface area contributed by atoms with Crippen molar-refractivity contribution in [1.29, 1.82) is 0 Å². The summed E-state index contributed by atoms with van der Waals surface area (Å²) in [7, 11) is 0. The molecule has 4 nitrogen and oxygen atoms in total. The Bertz CT molecular complexity index is 214. The molecule has 14 heavy (non-hydrogen) atoms. The maximum absolute atomic E-state index is 11.6. The Kier molecular flexibility index (Phi) is 3.37. The minimum atomic E-state index is -0.716. The molecule has 1 rings (SSSR count). The molecule has 4 heteroatoms. The molecule has 0 spiro atoms. The summed E-state index contributed by atoms with van der Waals surface area (Å²) in [5.74, 6) is 0. The molecule has 0 saturated carbocycles. The molecule has 2 N–H and O–H groups in total. The van der Waals surface area contributed by atoms with Crippen molar-refractivity contribution in [3.63, 3.8) is 0 Å². The van der Waals surface area contributed by atoms with Crippen LogP contribution in [0.3, 0.4) is 0 Å². The fraction of sp³-hybridized carbons (Fsp3) is 0.900. The van der Waals surface area contributed by atoms with E-state index in [1.165, 1.54) is 0 Å². The Morgan fingerprint density at radius 1 is 1.57 bits per heavy atom. The van der Waals surface area contributed by atoms with Gasteiger partial charge in [-0.25, -0.2) is 4.79 Å². The highest BCUT2D eigenvalue weighted by Crippen LogP contribution is 2.19. The van der Waals surface area contributed by atoms with Gasteiger partial charge in [0.05, 0.1) is 12.1 Å². The van der Waals surface area contributed by atoms with Gasteiger partial charge in [-0.3, -0.25) is 0 Å². The highest BCUT2D eigenvalue weighted by atomic mass is 16.3. The van der Waals surface area contributed by atoms with Gasteiger partial charge in [0.1, 0.15) is 0 Å². The third kappa shape index (κ3) is 3.18. The van der Waals surface area contributed by atoms with E-state index in [1.807, 2.05) is 13.8 Å². The molecule has 1 fully saturated rings. The molecule has 0 aromatic heterocycles. The van der Waals surface area contributed by atoms with E-state index in [-0.39, 0.29) is 12.1 Å². The molecular weight excluding hydrogens is 180 g/mol. The van der Waals surface area contributed by atoms with E-state index in [9.17, 15) is 9.90 Å². The highest BCUT2D eigenvalue weighted by molar-refractivity contribution is 5.74. The standard InChI is InChI=1S/C10H20N2O2/c1-8(2)11-9(13)12-6-4-5-10(3,14)7-12/h8,14H,4-7H2,1-3H3,(H,11,13). The zero-order chi connectivity index (χ0) is 10.8. The van der Waals surface area contributed by atoms with Crippen LogP contribution in [0.5, 0.6) is 0 Å². The van der Waals surface area contributed by atoms with E-state index in [0.29, 0.717) is 6.54 Å². The smallest absolute Gasteiger partial charge is 0.317 e. The van der Waals surface area contributed by atoms with Crippen molar-refractivity contribution in [2.75, 3.05) is 13.1 Å². The van der Waals surface area contributed by atoms with Gasteiger partial charge >= 0.3 is 6.03 Å². The van der Waals surface area contributed by atoms with Gasteiger partial charge in [-0.05, 0) is 33.6 Å². The predicted molar refractivity (Wildman–Crippen MR) is 55.1 cm³/mol. The Morgan fingerprint density at radius 2 is 2.21 bits per heavy atom. The molecule has 2 amide bonds. The van der Waals surface area contributed by atoms with Crippen LogP contribution in [0.2, 0.25) is 0 Å². The summed E-state index contributed by atoms with van der Waals surface area (Å²) in [5, 5.41) is 12.6. The third-order valence-electron chi connectivity index (χ3n) is 2.37. The van der Waals surface area contributed by atoms with Crippen LogP contribution in [0.15, 0.2) is 0 Å². The van der Waals surface area contributed by atoms with Crippen molar-refractivity contribution in [3.8, 4) is 0 Å².